The molecule has 3 aromatic carbocycles. The monoisotopic (exact) mass is 432 g/mol. The van der Waals surface area contributed by atoms with E-state index in [9.17, 15) is 9.18 Å². The first kappa shape index (κ1) is 19.3. The van der Waals surface area contributed by atoms with Crippen LogP contribution in [0.4, 0.5) is 16.0 Å². The van der Waals surface area contributed by atoms with E-state index in [4.69, 9.17) is 11.6 Å². The lowest BCUT2D eigenvalue weighted by atomic mass is 9.94. The predicted octanol–water partition coefficient (Wildman–Crippen LogP) is 5.76. The average molecular weight is 433 g/mol. The van der Waals surface area contributed by atoms with E-state index in [2.05, 4.69) is 15.6 Å². The lowest BCUT2D eigenvalue weighted by molar-refractivity contribution is -0.113. The summed E-state index contributed by atoms with van der Waals surface area (Å²) in [6.45, 7) is 1.83. The van der Waals surface area contributed by atoms with Gasteiger partial charge in [0.25, 0.3) is 5.91 Å². The van der Waals surface area contributed by atoms with Crippen molar-refractivity contribution in [1.29, 1.82) is 0 Å². The second-order valence-corrected chi connectivity index (χ2v) is 7.75. The first-order valence-electron chi connectivity index (χ1n) is 9.79. The zero-order valence-corrected chi connectivity index (χ0v) is 17.3. The molecule has 5 rings (SSSR count). The van der Waals surface area contributed by atoms with Crippen molar-refractivity contribution < 1.29 is 9.18 Å². The van der Waals surface area contributed by atoms with Crippen molar-refractivity contribution in [3.63, 3.8) is 0 Å². The molecule has 5 nitrogen and oxygen atoms in total. The third-order valence-corrected chi connectivity index (χ3v) is 5.71. The van der Waals surface area contributed by atoms with Crippen molar-refractivity contribution in [2.75, 3.05) is 10.6 Å². The number of carbonyl (C=O) groups excluding carboxylic acids is 1. The molecule has 1 atom stereocenters. The van der Waals surface area contributed by atoms with Crippen LogP contribution in [0.1, 0.15) is 18.5 Å². The number of nitrogens with zero attached hydrogens (tertiary/aromatic N) is 2. The highest BCUT2D eigenvalue weighted by atomic mass is 35.5. The van der Waals surface area contributed by atoms with Crippen molar-refractivity contribution in [3.05, 3.63) is 100 Å². The fraction of sp³-hybridized carbons (Fsp3) is 0.0833. The second-order valence-electron chi connectivity index (χ2n) is 7.35. The minimum atomic E-state index is -0.494. The van der Waals surface area contributed by atoms with Crippen LogP contribution in [-0.2, 0) is 4.79 Å². The van der Waals surface area contributed by atoms with Crippen LogP contribution in [0, 0.1) is 5.82 Å². The van der Waals surface area contributed by atoms with E-state index in [-0.39, 0.29) is 11.7 Å². The molecule has 1 unspecified atom stereocenters. The van der Waals surface area contributed by atoms with E-state index in [1.165, 1.54) is 12.1 Å². The van der Waals surface area contributed by atoms with E-state index < -0.39 is 6.04 Å². The highest BCUT2D eigenvalue weighted by Crippen LogP contribution is 2.39. The molecule has 154 valence electrons. The molecule has 0 spiro atoms. The summed E-state index contributed by atoms with van der Waals surface area (Å²) in [6.07, 6.45) is 0. The SMILES string of the molecule is CC1=C(C(=O)Nc2ccccc2Cl)C(c2ccc(F)cc2)n2c(nc3ccccc32)N1. The summed E-state index contributed by atoms with van der Waals surface area (Å²) in [4.78, 5) is 18.2. The number of hydrogen-bond acceptors (Lipinski definition) is 3. The number of hydrogen-bond donors (Lipinski definition) is 2. The highest BCUT2D eigenvalue weighted by Gasteiger charge is 2.34. The maximum Gasteiger partial charge on any atom is 0.255 e. The number of carbonyl (C=O) groups is 1. The first-order valence-corrected chi connectivity index (χ1v) is 10.2. The molecule has 0 bridgehead atoms. The van der Waals surface area contributed by atoms with Gasteiger partial charge in [0.2, 0.25) is 5.95 Å². The zero-order valence-electron chi connectivity index (χ0n) is 16.6. The Balaban J connectivity index is 1.67. The smallest absolute Gasteiger partial charge is 0.255 e. The van der Waals surface area contributed by atoms with Crippen molar-refractivity contribution in [1.82, 2.24) is 9.55 Å². The molecule has 0 saturated carbocycles. The number of halogens is 2. The van der Waals surface area contributed by atoms with Crippen LogP contribution in [-0.4, -0.2) is 15.5 Å². The van der Waals surface area contributed by atoms with Crippen LogP contribution in [0.2, 0.25) is 5.02 Å². The summed E-state index contributed by atoms with van der Waals surface area (Å²) < 4.78 is 15.6. The number of imidazole rings is 1. The van der Waals surface area contributed by atoms with E-state index in [0.29, 0.717) is 27.9 Å². The van der Waals surface area contributed by atoms with E-state index in [1.807, 2.05) is 35.8 Å². The van der Waals surface area contributed by atoms with Gasteiger partial charge < -0.3 is 10.6 Å². The fourth-order valence-electron chi connectivity index (χ4n) is 3.97. The van der Waals surface area contributed by atoms with Crippen LogP contribution < -0.4 is 10.6 Å². The number of allylic oxidation sites excluding steroid dienone is 1. The van der Waals surface area contributed by atoms with Gasteiger partial charge in [0.1, 0.15) is 5.82 Å². The zero-order chi connectivity index (χ0) is 21.5. The minimum absolute atomic E-state index is 0.296. The summed E-state index contributed by atoms with van der Waals surface area (Å²) in [5, 5.41) is 6.62. The number of benzene rings is 3. The summed E-state index contributed by atoms with van der Waals surface area (Å²) in [6, 6.07) is 20.5. The third kappa shape index (κ3) is 3.35. The van der Waals surface area contributed by atoms with Crippen LogP contribution in [0.15, 0.2) is 84.1 Å². The van der Waals surface area contributed by atoms with Crippen molar-refractivity contribution in [2.24, 2.45) is 0 Å². The summed E-state index contributed by atoms with van der Waals surface area (Å²) in [5.41, 5.74) is 4.14. The van der Waals surface area contributed by atoms with Gasteiger partial charge in [-0.2, -0.15) is 0 Å². The topological polar surface area (TPSA) is 59.0 Å². The Bertz CT molecular complexity index is 1340. The molecule has 1 aromatic heterocycles. The van der Waals surface area contributed by atoms with Crippen LogP contribution >= 0.6 is 11.6 Å². The highest BCUT2D eigenvalue weighted by molar-refractivity contribution is 6.33. The molecule has 31 heavy (non-hydrogen) atoms. The third-order valence-electron chi connectivity index (χ3n) is 5.38. The minimum Gasteiger partial charge on any atom is -0.329 e. The molecule has 2 heterocycles. The van der Waals surface area contributed by atoms with Crippen molar-refractivity contribution in [2.45, 2.75) is 13.0 Å². The number of anilines is 2. The Labute approximate surface area is 183 Å². The second kappa shape index (κ2) is 7.56. The first-order chi connectivity index (χ1) is 15.0. The molecule has 1 amide bonds. The van der Waals surface area contributed by atoms with Gasteiger partial charge in [-0.3, -0.25) is 9.36 Å². The standard InChI is InChI=1S/C24H18ClFN4O/c1-14-21(23(31)28-18-7-3-2-6-17(18)25)22(15-10-12-16(26)13-11-15)30-20-9-5-4-8-19(20)29-24(30)27-14/h2-13,22H,1H3,(H,27,29)(H,28,31). The van der Waals surface area contributed by atoms with Crippen LogP contribution in [0.5, 0.6) is 0 Å². The Morgan fingerprint density at radius 2 is 1.77 bits per heavy atom. The van der Waals surface area contributed by atoms with Gasteiger partial charge in [-0.15, -0.1) is 0 Å². The Morgan fingerprint density at radius 1 is 1.06 bits per heavy atom. The number of para-hydroxylation sites is 3. The van der Waals surface area contributed by atoms with Gasteiger partial charge in [0, 0.05) is 5.70 Å². The molecule has 0 aliphatic carbocycles. The lowest BCUT2D eigenvalue weighted by Gasteiger charge is -2.30. The predicted molar refractivity (Wildman–Crippen MR) is 121 cm³/mol. The van der Waals surface area contributed by atoms with Gasteiger partial charge in [0.15, 0.2) is 0 Å². The quantitative estimate of drug-likeness (QED) is 0.433. The van der Waals surface area contributed by atoms with E-state index >= 15 is 0 Å². The molecule has 1 aliphatic rings. The number of amides is 1. The molecule has 0 saturated heterocycles. The van der Waals surface area contributed by atoms with E-state index in [0.717, 1.165) is 16.6 Å². The molecule has 1 aliphatic heterocycles. The summed E-state index contributed by atoms with van der Waals surface area (Å²) >= 11 is 6.25. The lowest BCUT2D eigenvalue weighted by Crippen LogP contribution is -2.31. The largest absolute Gasteiger partial charge is 0.329 e. The van der Waals surface area contributed by atoms with Gasteiger partial charge >= 0.3 is 0 Å². The van der Waals surface area contributed by atoms with Crippen LogP contribution in [0.3, 0.4) is 0 Å². The number of rotatable bonds is 3. The van der Waals surface area contributed by atoms with Crippen molar-refractivity contribution in [3.8, 4) is 0 Å². The van der Waals surface area contributed by atoms with Crippen molar-refractivity contribution >= 4 is 40.2 Å². The number of aromatic nitrogens is 2. The molecule has 2 N–H and O–H groups in total. The Morgan fingerprint density at radius 3 is 2.55 bits per heavy atom. The normalized spacial score (nSPS) is 15.5. The van der Waals surface area contributed by atoms with E-state index in [1.54, 1.807) is 36.4 Å². The molecular formula is C24H18ClFN4O. The molecular weight excluding hydrogens is 415 g/mol. The summed E-state index contributed by atoms with van der Waals surface area (Å²) in [7, 11) is 0. The van der Waals surface area contributed by atoms with Gasteiger partial charge in [-0.1, -0.05) is 48.0 Å². The maximum atomic E-state index is 13.7. The number of fused-ring (bicyclic) bond motifs is 3. The van der Waals surface area contributed by atoms with Gasteiger partial charge in [0.05, 0.1) is 33.4 Å². The molecule has 7 heteroatoms. The average Bonchev–Trinajstić information content (AvgIpc) is 3.13. The fourth-order valence-corrected chi connectivity index (χ4v) is 4.15. The summed E-state index contributed by atoms with van der Waals surface area (Å²) in [5.74, 6) is -0.00524. The molecule has 4 aromatic rings. The van der Waals surface area contributed by atoms with Gasteiger partial charge in [-0.25, -0.2) is 9.37 Å². The van der Waals surface area contributed by atoms with Crippen LogP contribution in [0.25, 0.3) is 11.0 Å². The Kier molecular flexibility index (Phi) is 4.71. The molecule has 0 radical (unpaired) electrons. The molecule has 0 fully saturated rings. The maximum absolute atomic E-state index is 13.7. The Hall–Kier alpha value is -3.64. The number of nitrogens with one attached hydrogen (secondary N) is 2. The van der Waals surface area contributed by atoms with Gasteiger partial charge in [-0.05, 0) is 48.9 Å².